The third kappa shape index (κ3) is 2.68. The maximum atomic E-state index is 11.4. The van der Waals surface area contributed by atoms with E-state index in [0.29, 0.717) is 6.42 Å². The molecule has 0 radical (unpaired) electrons. The van der Waals surface area contributed by atoms with E-state index in [9.17, 15) is 4.79 Å². The van der Waals surface area contributed by atoms with E-state index in [0.717, 1.165) is 12.8 Å². The number of carbonyl (C=O) groups excluding carboxylic acids is 1. The van der Waals surface area contributed by atoms with Crippen LogP contribution in [0.4, 0.5) is 0 Å². The molecule has 0 saturated carbocycles. The SMILES string of the molecule is O=C1CCCC(c2ccc(-c3ccccc3)cc2)N1. The molecule has 2 nitrogen and oxygen atoms in total. The van der Waals surface area contributed by atoms with E-state index in [4.69, 9.17) is 0 Å². The van der Waals surface area contributed by atoms with E-state index in [2.05, 4.69) is 41.7 Å². The number of hydrogen-bond donors (Lipinski definition) is 1. The minimum atomic E-state index is 0.170. The van der Waals surface area contributed by atoms with Gasteiger partial charge >= 0.3 is 0 Å². The second kappa shape index (κ2) is 5.27. The molecular weight excluding hydrogens is 234 g/mol. The molecule has 0 aromatic heterocycles. The zero-order valence-corrected chi connectivity index (χ0v) is 10.8. The third-order valence-corrected chi connectivity index (χ3v) is 3.65. The van der Waals surface area contributed by atoms with Gasteiger partial charge in [-0.2, -0.15) is 0 Å². The number of hydrogen-bond acceptors (Lipinski definition) is 1. The van der Waals surface area contributed by atoms with Gasteiger partial charge in [-0.3, -0.25) is 4.79 Å². The Kier molecular flexibility index (Phi) is 3.32. The highest BCUT2D eigenvalue weighted by Crippen LogP contribution is 2.26. The van der Waals surface area contributed by atoms with Crippen LogP contribution >= 0.6 is 0 Å². The average molecular weight is 251 g/mol. The predicted molar refractivity (Wildman–Crippen MR) is 76.6 cm³/mol. The van der Waals surface area contributed by atoms with Gasteiger partial charge in [0.15, 0.2) is 0 Å². The Balaban J connectivity index is 1.81. The molecule has 0 spiro atoms. The van der Waals surface area contributed by atoms with Crippen molar-refractivity contribution in [2.24, 2.45) is 0 Å². The van der Waals surface area contributed by atoms with Crippen LogP contribution in [-0.2, 0) is 4.79 Å². The van der Waals surface area contributed by atoms with Gasteiger partial charge in [0, 0.05) is 6.42 Å². The van der Waals surface area contributed by atoms with Crippen molar-refractivity contribution in [2.45, 2.75) is 25.3 Å². The molecule has 2 heteroatoms. The van der Waals surface area contributed by atoms with Crippen LogP contribution in [0.25, 0.3) is 11.1 Å². The van der Waals surface area contributed by atoms with Crippen molar-refractivity contribution in [2.75, 3.05) is 0 Å². The number of rotatable bonds is 2. The molecule has 1 saturated heterocycles. The molecule has 1 aliphatic heterocycles. The average Bonchev–Trinajstić information content (AvgIpc) is 2.48. The minimum Gasteiger partial charge on any atom is -0.349 e. The quantitative estimate of drug-likeness (QED) is 0.866. The van der Waals surface area contributed by atoms with Crippen molar-refractivity contribution >= 4 is 5.91 Å². The predicted octanol–water partition coefficient (Wildman–Crippen LogP) is 3.69. The summed E-state index contributed by atoms with van der Waals surface area (Å²) >= 11 is 0. The molecule has 3 rings (SSSR count). The first-order chi connectivity index (χ1) is 9.33. The molecular formula is C17H17NO. The third-order valence-electron chi connectivity index (χ3n) is 3.65. The van der Waals surface area contributed by atoms with Crippen molar-refractivity contribution in [1.29, 1.82) is 0 Å². The summed E-state index contributed by atoms with van der Waals surface area (Å²) in [4.78, 5) is 11.4. The summed E-state index contributed by atoms with van der Waals surface area (Å²) in [5.74, 6) is 0.170. The molecule has 0 aliphatic carbocycles. The van der Waals surface area contributed by atoms with Gasteiger partial charge in [-0.1, -0.05) is 54.6 Å². The Morgan fingerprint density at radius 2 is 1.58 bits per heavy atom. The van der Waals surface area contributed by atoms with Gasteiger partial charge in [0.25, 0.3) is 0 Å². The van der Waals surface area contributed by atoms with Gasteiger partial charge in [0.05, 0.1) is 6.04 Å². The Morgan fingerprint density at radius 3 is 2.26 bits per heavy atom. The molecule has 19 heavy (non-hydrogen) atoms. The summed E-state index contributed by atoms with van der Waals surface area (Å²) in [5.41, 5.74) is 3.64. The molecule has 1 heterocycles. The number of nitrogens with one attached hydrogen (secondary N) is 1. The maximum absolute atomic E-state index is 11.4. The lowest BCUT2D eigenvalue weighted by Gasteiger charge is -2.23. The van der Waals surface area contributed by atoms with Gasteiger partial charge in [0.1, 0.15) is 0 Å². The highest BCUT2D eigenvalue weighted by Gasteiger charge is 2.19. The van der Waals surface area contributed by atoms with Crippen LogP contribution in [0.2, 0.25) is 0 Å². The fourth-order valence-corrected chi connectivity index (χ4v) is 2.59. The number of piperidine rings is 1. The van der Waals surface area contributed by atoms with Gasteiger partial charge in [0.2, 0.25) is 5.91 Å². The van der Waals surface area contributed by atoms with E-state index in [1.165, 1.54) is 16.7 Å². The fraction of sp³-hybridized carbons (Fsp3) is 0.235. The highest BCUT2D eigenvalue weighted by atomic mass is 16.1. The van der Waals surface area contributed by atoms with Crippen LogP contribution in [0.3, 0.4) is 0 Å². The molecule has 1 N–H and O–H groups in total. The van der Waals surface area contributed by atoms with Crippen LogP contribution in [0.15, 0.2) is 54.6 Å². The van der Waals surface area contributed by atoms with E-state index in [1.54, 1.807) is 0 Å². The van der Waals surface area contributed by atoms with Crippen LogP contribution < -0.4 is 5.32 Å². The largest absolute Gasteiger partial charge is 0.349 e. The normalized spacial score (nSPS) is 18.9. The molecule has 1 atom stereocenters. The lowest BCUT2D eigenvalue weighted by Crippen LogP contribution is -2.32. The monoisotopic (exact) mass is 251 g/mol. The lowest BCUT2D eigenvalue weighted by molar-refractivity contribution is -0.123. The van der Waals surface area contributed by atoms with Crippen molar-refractivity contribution in [1.82, 2.24) is 5.32 Å². The van der Waals surface area contributed by atoms with Gasteiger partial charge in [-0.15, -0.1) is 0 Å². The Morgan fingerprint density at radius 1 is 0.895 bits per heavy atom. The summed E-state index contributed by atoms with van der Waals surface area (Å²) in [7, 11) is 0. The molecule has 1 fully saturated rings. The first-order valence-corrected chi connectivity index (χ1v) is 6.78. The smallest absolute Gasteiger partial charge is 0.220 e. The maximum Gasteiger partial charge on any atom is 0.220 e. The Bertz CT molecular complexity index is 560. The molecule has 2 aromatic carbocycles. The van der Waals surface area contributed by atoms with Crippen molar-refractivity contribution in [3.8, 4) is 11.1 Å². The number of carbonyl (C=O) groups is 1. The molecule has 0 bridgehead atoms. The zero-order valence-electron chi connectivity index (χ0n) is 10.8. The first-order valence-electron chi connectivity index (χ1n) is 6.78. The molecule has 1 amide bonds. The Hall–Kier alpha value is -2.09. The molecule has 1 aliphatic rings. The van der Waals surface area contributed by atoms with E-state index in [-0.39, 0.29) is 11.9 Å². The molecule has 96 valence electrons. The summed E-state index contributed by atoms with van der Waals surface area (Å²) in [5, 5.41) is 3.05. The van der Waals surface area contributed by atoms with Crippen LogP contribution in [0.1, 0.15) is 30.9 Å². The second-order valence-corrected chi connectivity index (χ2v) is 5.00. The lowest BCUT2D eigenvalue weighted by atomic mass is 9.95. The minimum absolute atomic E-state index is 0.170. The first kappa shape index (κ1) is 12.0. The van der Waals surface area contributed by atoms with Gasteiger partial charge < -0.3 is 5.32 Å². The number of benzene rings is 2. The van der Waals surface area contributed by atoms with Crippen molar-refractivity contribution in [3.05, 3.63) is 60.2 Å². The Labute approximate surface area is 113 Å². The van der Waals surface area contributed by atoms with Crippen molar-refractivity contribution < 1.29 is 4.79 Å². The summed E-state index contributed by atoms with van der Waals surface area (Å²) in [6.07, 6.45) is 2.69. The summed E-state index contributed by atoms with van der Waals surface area (Å²) < 4.78 is 0. The van der Waals surface area contributed by atoms with E-state index in [1.807, 2.05) is 18.2 Å². The van der Waals surface area contributed by atoms with Crippen LogP contribution in [0.5, 0.6) is 0 Å². The van der Waals surface area contributed by atoms with Crippen molar-refractivity contribution in [3.63, 3.8) is 0 Å². The van der Waals surface area contributed by atoms with Gasteiger partial charge in [-0.05, 0) is 29.5 Å². The fourth-order valence-electron chi connectivity index (χ4n) is 2.59. The molecule has 2 aromatic rings. The van der Waals surface area contributed by atoms with Crippen LogP contribution in [-0.4, -0.2) is 5.91 Å². The van der Waals surface area contributed by atoms with E-state index < -0.39 is 0 Å². The standard InChI is InChI=1S/C17H17NO/c19-17-8-4-7-16(18-17)15-11-9-14(10-12-15)13-5-2-1-3-6-13/h1-3,5-6,9-12,16H,4,7-8H2,(H,18,19). The summed E-state index contributed by atoms with van der Waals surface area (Å²) in [6, 6.07) is 19.0. The van der Waals surface area contributed by atoms with Gasteiger partial charge in [-0.25, -0.2) is 0 Å². The zero-order chi connectivity index (χ0) is 13.1. The van der Waals surface area contributed by atoms with Crippen LogP contribution in [0, 0.1) is 0 Å². The topological polar surface area (TPSA) is 29.1 Å². The molecule has 1 unspecified atom stereocenters. The highest BCUT2D eigenvalue weighted by molar-refractivity contribution is 5.77. The summed E-state index contributed by atoms with van der Waals surface area (Å²) in [6.45, 7) is 0. The van der Waals surface area contributed by atoms with E-state index >= 15 is 0 Å². The number of amides is 1. The second-order valence-electron chi connectivity index (χ2n) is 5.00.